The summed E-state index contributed by atoms with van der Waals surface area (Å²) in [7, 11) is 0. The summed E-state index contributed by atoms with van der Waals surface area (Å²) in [6.07, 6.45) is 5.02. The van der Waals surface area contributed by atoms with Gasteiger partial charge in [-0.2, -0.15) is 0 Å². The summed E-state index contributed by atoms with van der Waals surface area (Å²) in [5.41, 5.74) is 5.74. The van der Waals surface area contributed by atoms with Gasteiger partial charge in [-0.05, 0) is 19.8 Å². The fourth-order valence-electron chi connectivity index (χ4n) is 1.41. The number of carbonyl (C=O) groups is 1. The molecule has 84 valence electrons. The smallest absolute Gasteiger partial charge is 0.237 e. The maximum Gasteiger partial charge on any atom is 0.237 e. The Labute approximate surface area is 87.4 Å². The van der Waals surface area contributed by atoms with Crippen molar-refractivity contribution in [3.8, 4) is 0 Å². The Balaban J connectivity index is 3.71. The minimum atomic E-state index is -0.325. The van der Waals surface area contributed by atoms with Crippen LogP contribution >= 0.6 is 0 Å². The predicted octanol–water partition coefficient (Wildman–Crippen LogP) is 1.81. The maximum absolute atomic E-state index is 11.5. The summed E-state index contributed by atoms with van der Waals surface area (Å²) in [5, 5.41) is 2.93. The van der Waals surface area contributed by atoms with Crippen molar-refractivity contribution in [1.82, 2.24) is 5.32 Å². The van der Waals surface area contributed by atoms with E-state index in [1.807, 2.05) is 6.92 Å². The first-order valence-electron chi connectivity index (χ1n) is 5.67. The van der Waals surface area contributed by atoms with Gasteiger partial charge in [0.2, 0.25) is 5.91 Å². The number of rotatable bonds is 7. The van der Waals surface area contributed by atoms with Gasteiger partial charge in [0.25, 0.3) is 0 Å². The lowest BCUT2D eigenvalue weighted by atomic mass is 10.1. The SMILES string of the molecule is CCCCC(N)C(=O)NC(C)CCC. The lowest BCUT2D eigenvalue weighted by Gasteiger charge is -2.16. The highest BCUT2D eigenvalue weighted by Crippen LogP contribution is 2.00. The van der Waals surface area contributed by atoms with E-state index >= 15 is 0 Å². The zero-order valence-electron chi connectivity index (χ0n) is 9.68. The molecule has 0 saturated carbocycles. The van der Waals surface area contributed by atoms with Crippen molar-refractivity contribution < 1.29 is 4.79 Å². The fraction of sp³-hybridized carbons (Fsp3) is 0.909. The van der Waals surface area contributed by atoms with Gasteiger partial charge >= 0.3 is 0 Å². The molecule has 0 aliphatic rings. The third kappa shape index (κ3) is 5.97. The van der Waals surface area contributed by atoms with E-state index in [9.17, 15) is 4.79 Å². The quantitative estimate of drug-likeness (QED) is 0.658. The summed E-state index contributed by atoms with van der Waals surface area (Å²) in [6.45, 7) is 6.23. The van der Waals surface area contributed by atoms with Gasteiger partial charge in [-0.3, -0.25) is 4.79 Å². The topological polar surface area (TPSA) is 55.1 Å². The molecule has 3 nitrogen and oxygen atoms in total. The van der Waals surface area contributed by atoms with Crippen LogP contribution in [0.2, 0.25) is 0 Å². The summed E-state index contributed by atoms with van der Waals surface area (Å²) in [4.78, 5) is 11.5. The van der Waals surface area contributed by atoms with Crippen molar-refractivity contribution in [3.63, 3.8) is 0 Å². The molecule has 0 saturated heterocycles. The zero-order chi connectivity index (χ0) is 11.0. The second-order valence-electron chi connectivity index (χ2n) is 3.95. The number of unbranched alkanes of at least 4 members (excludes halogenated alkanes) is 1. The van der Waals surface area contributed by atoms with Gasteiger partial charge in [0, 0.05) is 6.04 Å². The van der Waals surface area contributed by atoms with E-state index in [2.05, 4.69) is 19.2 Å². The molecule has 0 aliphatic carbocycles. The minimum Gasteiger partial charge on any atom is -0.352 e. The van der Waals surface area contributed by atoms with Crippen LogP contribution in [0.3, 0.4) is 0 Å². The molecular weight excluding hydrogens is 176 g/mol. The number of nitrogens with one attached hydrogen (secondary N) is 1. The molecular formula is C11H24N2O. The minimum absolute atomic E-state index is 0.000556. The molecule has 0 fully saturated rings. The van der Waals surface area contributed by atoms with Gasteiger partial charge in [-0.1, -0.05) is 33.1 Å². The molecule has 2 unspecified atom stereocenters. The first-order chi connectivity index (χ1) is 6.61. The Morgan fingerprint density at radius 3 is 2.43 bits per heavy atom. The van der Waals surface area contributed by atoms with E-state index in [1.54, 1.807) is 0 Å². The van der Waals surface area contributed by atoms with E-state index in [4.69, 9.17) is 5.73 Å². The number of hydrogen-bond donors (Lipinski definition) is 2. The standard InChI is InChI=1S/C11H24N2O/c1-4-6-8-10(12)11(14)13-9(3)7-5-2/h9-10H,4-8,12H2,1-3H3,(H,13,14). The monoisotopic (exact) mass is 200 g/mol. The second kappa shape index (κ2) is 7.80. The van der Waals surface area contributed by atoms with Crippen LogP contribution in [-0.2, 0) is 4.79 Å². The molecule has 0 rings (SSSR count). The second-order valence-corrected chi connectivity index (χ2v) is 3.95. The van der Waals surface area contributed by atoms with Crippen LogP contribution in [0, 0.1) is 0 Å². The number of carbonyl (C=O) groups excluding carboxylic acids is 1. The van der Waals surface area contributed by atoms with Crippen molar-refractivity contribution in [1.29, 1.82) is 0 Å². The number of nitrogens with two attached hydrogens (primary N) is 1. The Morgan fingerprint density at radius 1 is 1.29 bits per heavy atom. The van der Waals surface area contributed by atoms with E-state index in [-0.39, 0.29) is 18.0 Å². The molecule has 0 aromatic carbocycles. The van der Waals surface area contributed by atoms with Gasteiger partial charge in [-0.15, -0.1) is 0 Å². The van der Waals surface area contributed by atoms with Crippen LogP contribution < -0.4 is 11.1 Å². The van der Waals surface area contributed by atoms with Crippen LogP contribution in [0.1, 0.15) is 52.9 Å². The van der Waals surface area contributed by atoms with Crippen LogP contribution in [0.15, 0.2) is 0 Å². The Hall–Kier alpha value is -0.570. The average molecular weight is 200 g/mol. The van der Waals surface area contributed by atoms with E-state index in [0.717, 1.165) is 32.1 Å². The van der Waals surface area contributed by atoms with Crippen molar-refractivity contribution in [3.05, 3.63) is 0 Å². The van der Waals surface area contributed by atoms with Crippen LogP contribution in [0.5, 0.6) is 0 Å². The normalized spacial score (nSPS) is 14.9. The van der Waals surface area contributed by atoms with Gasteiger partial charge < -0.3 is 11.1 Å². The molecule has 0 heterocycles. The van der Waals surface area contributed by atoms with Crippen LogP contribution in [-0.4, -0.2) is 18.0 Å². The summed E-state index contributed by atoms with van der Waals surface area (Å²) >= 11 is 0. The molecule has 3 heteroatoms. The molecule has 0 aliphatic heterocycles. The number of hydrogen-bond acceptors (Lipinski definition) is 2. The van der Waals surface area contributed by atoms with Gasteiger partial charge in [0.05, 0.1) is 6.04 Å². The Kier molecular flexibility index (Phi) is 7.48. The van der Waals surface area contributed by atoms with Crippen molar-refractivity contribution >= 4 is 5.91 Å². The molecule has 0 aromatic rings. The summed E-state index contributed by atoms with van der Waals surface area (Å²) in [6, 6.07) is -0.0746. The molecule has 1 amide bonds. The van der Waals surface area contributed by atoms with Crippen molar-refractivity contribution in [2.24, 2.45) is 5.73 Å². The van der Waals surface area contributed by atoms with Crippen molar-refractivity contribution in [2.45, 2.75) is 65.0 Å². The summed E-state index contributed by atoms with van der Waals surface area (Å²) < 4.78 is 0. The molecule has 14 heavy (non-hydrogen) atoms. The molecule has 3 N–H and O–H groups in total. The van der Waals surface area contributed by atoms with Gasteiger partial charge in [0.1, 0.15) is 0 Å². The molecule has 2 atom stereocenters. The van der Waals surface area contributed by atoms with Crippen LogP contribution in [0.25, 0.3) is 0 Å². The van der Waals surface area contributed by atoms with Gasteiger partial charge in [0.15, 0.2) is 0 Å². The zero-order valence-corrected chi connectivity index (χ0v) is 9.68. The van der Waals surface area contributed by atoms with Gasteiger partial charge in [-0.25, -0.2) is 0 Å². The lowest BCUT2D eigenvalue weighted by Crippen LogP contribution is -2.44. The third-order valence-electron chi connectivity index (χ3n) is 2.32. The first kappa shape index (κ1) is 13.4. The predicted molar refractivity (Wildman–Crippen MR) is 60.0 cm³/mol. The first-order valence-corrected chi connectivity index (χ1v) is 5.67. The largest absolute Gasteiger partial charge is 0.352 e. The lowest BCUT2D eigenvalue weighted by molar-refractivity contribution is -0.123. The number of amides is 1. The van der Waals surface area contributed by atoms with Crippen molar-refractivity contribution in [2.75, 3.05) is 0 Å². The van der Waals surface area contributed by atoms with E-state index in [1.165, 1.54) is 0 Å². The maximum atomic E-state index is 11.5. The third-order valence-corrected chi connectivity index (χ3v) is 2.32. The highest BCUT2D eigenvalue weighted by molar-refractivity contribution is 5.81. The van der Waals surface area contributed by atoms with E-state index in [0.29, 0.717) is 0 Å². The van der Waals surface area contributed by atoms with E-state index < -0.39 is 0 Å². The fourth-order valence-corrected chi connectivity index (χ4v) is 1.41. The molecule has 0 spiro atoms. The Morgan fingerprint density at radius 2 is 1.93 bits per heavy atom. The molecule has 0 bridgehead atoms. The summed E-state index contributed by atoms with van der Waals surface area (Å²) in [5.74, 6) is -0.000556. The molecule has 0 radical (unpaired) electrons. The Bertz CT molecular complexity index is 159. The average Bonchev–Trinajstić information content (AvgIpc) is 2.14. The molecule has 0 aromatic heterocycles. The van der Waals surface area contributed by atoms with Crippen LogP contribution in [0.4, 0.5) is 0 Å². The highest BCUT2D eigenvalue weighted by Gasteiger charge is 2.14. The highest BCUT2D eigenvalue weighted by atomic mass is 16.2.